The zero-order valence-electron chi connectivity index (χ0n) is 16.5. The molecule has 0 bridgehead atoms. The summed E-state index contributed by atoms with van der Waals surface area (Å²) in [6.07, 6.45) is 4.23. The molecular formula is C24H27NO3. The first-order valence-electron chi connectivity index (χ1n) is 9.70. The number of Topliss-reactive ketones (excluding diaryl/α,β-unsaturated/α-hetero) is 1. The van der Waals surface area contributed by atoms with Crippen LogP contribution in [0.5, 0.6) is 5.75 Å². The van der Waals surface area contributed by atoms with Gasteiger partial charge in [-0.1, -0.05) is 56.3 Å². The van der Waals surface area contributed by atoms with Crippen LogP contribution in [0.4, 0.5) is 5.69 Å². The molecule has 4 heteroatoms. The maximum Gasteiger partial charge on any atom is 0.168 e. The number of carbonyl (C=O) groups excluding carboxylic acids is 1. The summed E-state index contributed by atoms with van der Waals surface area (Å²) >= 11 is 0. The second-order valence-electron chi connectivity index (χ2n) is 7.96. The fourth-order valence-corrected chi connectivity index (χ4v) is 3.37. The number of hydrogen-bond donors (Lipinski definition) is 1. The summed E-state index contributed by atoms with van der Waals surface area (Å²) in [7, 11) is 0. The monoisotopic (exact) mass is 377 g/mol. The van der Waals surface area contributed by atoms with E-state index in [9.17, 15) is 9.90 Å². The van der Waals surface area contributed by atoms with E-state index < -0.39 is 0 Å². The summed E-state index contributed by atoms with van der Waals surface area (Å²) in [5.41, 5.74) is 2.04. The lowest BCUT2D eigenvalue weighted by molar-refractivity contribution is -0.117. The highest BCUT2D eigenvalue weighted by atomic mass is 16.5. The van der Waals surface area contributed by atoms with Crippen molar-refractivity contribution < 1.29 is 14.6 Å². The average Bonchev–Trinajstić information content (AvgIpc) is 2.65. The van der Waals surface area contributed by atoms with Gasteiger partial charge in [-0.25, -0.2) is 0 Å². The van der Waals surface area contributed by atoms with Crippen LogP contribution < -0.4 is 4.74 Å². The summed E-state index contributed by atoms with van der Waals surface area (Å²) in [6.45, 7) is 4.55. The Bertz CT molecular complexity index is 882. The molecule has 28 heavy (non-hydrogen) atoms. The van der Waals surface area contributed by atoms with Crippen molar-refractivity contribution in [1.29, 1.82) is 0 Å². The number of aliphatic hydroxyl groups excluding tert-OH is 1. The normalized spacial score (nSPS) is 16.6. The van der Waals surface area contributed by atoms with E-state index in [1.807, 2.05) is 56.3 Å². The van der Waals surface area contributed by atoms with Crippen molar-refractivity contribution >= 4 is 17.7 Å². The minimum absolute atomic E-state index is 0.0706. The number of ether oxygens (including phenoxy) is 1. The Labute approximate surface area is 166 Å². The number of benzene rings is 2. The number of para-hydroxylation sites is 2. The zero-order valence-corrected chi connectivity index (χ0v) is 16.5. The average molecular weight is 377 g/mol. The third kappa shape index (κ3) is 5.32. The molecule has 1 aliphatic carbocycles. The number of ketones is 1. The molecule has 1 aliphatic rings. The van der Waals surface area contributed by atoms with E-state index in [0.29, 0.717) is 36.5 Å². The number of hydrogen-bond acceptors (Lipinski definition) is 4. The highest BCUT2D eigenvalue weighted by Crippen LogP contribution is 2.35. The third-order valence-electron chi connectivity index (χ3n) is 4.80. The number of aliphatic hydroxyl groups is 1. The molecular weight excluding hydrogens is 350 g/mol. The number of aryl methyl sites for hydroxylation is 1. The highest BCUT2D eigenvalue weighted by molar-refractivity contribution is 6.15. The lowest BCUT2D eigenvalue weighted by atomic mass is 9.77. The Balaban J connectivity index is 1.64. The van der Waals surface area contributed by atoms with Gasteiger partial charge in [0.15, 0.2) is 5.78 Å². The maximum absolute atomic E-state index is 12.3. The van der Waals surface area contributed by atoms with E-state index in [1.54, 1.807) is 0 Å². The molecule has 0 atom stereocenters. The van der Waals surface area contributed by atoms with Crippen molar-refractivity contribution in [2.45, 2.75) is 39.5 Å². The van der Waals surface area contributed by atoms with Gasteiger partial charge in [0, 0.05) is 19.1 Å². The van der Waals surface area contributed by atoms with Gasteiger partial charge in [-0.3, -0.25) is 9.79 Å². The van der Waals surface area contributed by atoms with Crippen molar-refractivity contribution in [2.24, 2.45) is 10.4 Å². The molecule has 4 nitrogen and oxygen atoms in total. The van der Waals surface area contributed by atoms with Crippen LogP contribution in [0.2, 0.25) is 0 Å². The number of nitrogens with zero attached hydrogens (tertiary/aromatic N) is 1. The Morgan fingerprint density at radius 2 is 1.79 bits per heavy atom. The van der Waals surface area contributed by atoms with Crippen molar-refractivity contribution in [3.8, 4) is 5.75 Å². The first kappa shape index (κ1) is 19.9. The Hall–Kier alpha value is -2.88. The van der Waals surface area contributed by atoms with Crippen LogP contribution >= 0.6 is 0 Å². The molecule has 2 aromatic carbocycles. The SMILES string of the molecule is CC1(C)CC(=O)C(C=Nc2ccccc2OCCCc2ccccc2)=C(O)C1. The van der Waals surface area contributed by atoms with E-state index in [4.69, 9.17) is 4.74 Å². The van der Waals surface area contributed by atoms with Gasteiger partial charge in [-0.05, 0) is 36.0 Å². The molecule has 2 aromatic rings. The van der Waals surface area contributed by atoms with Crippen molar-refractivity contribution in [3.05, 3.63) is 71.5 Å². The van der Waals surface area contributed by atoms with E-state index in [-0.39, 0.29) is 17.0 Å². The molecule has 0 aromatic heterocycles. The molecule has 0 saturated heterocycles. The molecule has 0 fully saturated rings. The topological polar surface area (TPSA) is 58.9 Å². The molecule has 0 saturated carbocycles. The van der Waals surface area contributed by atoms with E-state index in [0.717, 1.165) is 12.8 Å². The van der Waals surface area contributed by atoms with Gasteiger partial charge < -0.3 is 9.84 Å². The summed E-state index contributed by atoms with van der Waals surface area (Å²) in [6, 6.07) is 17.8. The van der Waals surface area contributed by atoms with Gasteiger partial charge in [0.25, 0.3) is 0 Å². The number of allylic oxidation sites excluding steroid dienone is 2. The fraction of sp³-hybridized carbons (Fsp3) is 0.333. The molecule has 0 spiro atoms. The van der Waals surface area contributed by atoms with Crippen LogP contribution in [0.1, 0.15) is 38.7 Å². The minimum atomic E-state index is -0.210. The molecule has 0 aliphatic heterocycles. The summed E-state index contributed by atoms with van der Waals surface area (Å²) < 4.78 is 5.91. The summed E-state index contributed by atoms with van der Waals surface area (Å²) in [5.74, 6) is 0.723. The van der Waals surface area contributed by atoms with Gasteiger partial charge in [-0.15, -0.1) is 0 Å². The Morgan fingerprint density at radius 1 is 1.07 bits per heavy atom. The van der Waals surface area contributed by atoms with Crippen LogP contribution in [-0.2, 0) is 11.2 Å². The first-order valence-corrected chi connectivity index (χ1v) is 9.70. The first-order chi connectivity index (χ1) is 13.4. The van der Waals surface area contributed by atoms with Gasteiger partial charge in [0.05, 0.1) is 12.2 Å². The Kier molecular flexibility index (Phi) is 6.30. The Morgan fingerprint density at radius 3 is 2.54 bits per heavy atom. The third-order valence-corrected chi connectivity index (χ3v) is 4.80. The lowest BCUT2D eigenvalue weighted by Gasteiger charge is -2.28. The molecule has 0 unspecified atom stereocenters. The smallest absolute Gasteiger partial charge is 0.168 e. The van der Waals surface area contributed by atoms with Crippen LogP contribution in [0.15, 0.2) is 70.9 Å². The minimum Gasteiger partial charge on any atom is -0.511 e. The van der Waals surface area contributed by atoms with E-state index in [2.05, 4.69) is 17.1 Å². The van der Waals surface area contributed by atoms with Gasteiger partial charge in [0.1, 0.15) is 17.2 Å². The summed E-state index contributed by atoms with van der Waals surface area (Å²) in [4.78, 5) is 16.8. The number of rotatable bonds is 7. The van der Waals surface area contributed by atoms with Crippen LogP contribution in [-0.4, -0.2) is 23.7 Å². The molecule has 0 radical (unpaired) electrons. The van der Waals surface area contributed by atoms with Crippen molar-refractivity contribution in [1.82, 2.24) is 0 Å². The van der Waals surface area contributed by atoms with Crippen molar-refractivity contribution in [3.63, 3.8) is 0 Å². The molecule has 1 N–H and O–H groups in total. The van der Waals surface area contributed by atoms with E-state index >= 15 is 0 Å². The summed E-state index contributed by atoms with van der Waals surface area (Å²) in [5, 5.41) is 10.2. The van der Waals surface area contributed by atoms with Crippen LogP contribution in [0.3, 0.4) is 0 Å². The number of aliphatic imine (C=N–C) groups is 1. The van der Waals surface area contributed by atoms with E-state index in [1.165, 1.54) is 11.8 Å². The van der Waals surface area contributed by atoms with Gasteiger partial charge in [-0.2, -0.15) is 0 Å². The highest BCUT2D eigenvalue weighted by Gasteiger charge is 2.32. The van der Waals surface area contributed by atoms with Crippen LogP contribution in [0, 0.1) is 5.41 Å². The molecule has 146 valence electrons. The largest absolute Gasteiger partial charge is 0.511 e. The second-order valence-corrected chi connectivity index (χ2v) is 7.96. The fourth-order valence-electron chi connectivity index (χ4n) is 3.37. The standard InChI is InChI=1S/C24H27NO3/c1-24(2)15-21(26)19(22(27)16-24)17-25-20-12-6-7-13-23(20)28-14-8-11-18-9-4-3-5-10-18/h3-7,9-10,12-13,17,26H,8,11,14-16H2,1-2H3. The quantitative estimate of drug-likeness (QED) is 0.504. The maximum atomic E-state index is 12.3. The lowest BCUT2D eigenvalue weighted by Crippen LogP contribution is -2.26. The van der Waals surface area contributed by atoms with Crippen LogP contribution in [0.25, 0.3) is 0 Å². The molecule has 0 amide bonds. The molecule has 0 heterocycles. The van der Waals surface area contributed by atoms with Gasteiger partial charge in [0.2, 0.25) is 0 Å². The predicted molar refractivity (Wildman–Crippen MR) is 113 cm³/mol. The van der Waals surface area contributed by atoms with Gasteiger partial charge >= 0.3 is 0 Å². The predicted octanol–water partition coefficient (Wildman–Crippen LogP) is 5.60. The second kappa shape index (κ2) is 8.87. The van der Waals surface area contributed by atoms with Crippen molar-refractivity contribution in [2.75, 3.05) is 6.61 Å². The molecule has 3 rings (SSSR count). The zero-order chi connectivity index (χ0) is 20.0. The number of carbonyl (C=O) groups is 1.